The molecular formula is C20H23N3O4. The second kappa shape index (κ2) is 7.92. The van der Waals surface area contributed by atoms with Gasteiger partial charge in [0.2, 0.25) is 11.8 Å². The first-order chi connectivity index (χ1) is 13.2. The molecule has 0 spiro atoms. The van der Waals surface area contributed by atoms with Crippen molar-refractivity contribution in [3.8, 4) is 11.8 Å². The molecule has 1 amide bonds. The summed E-state index contributed by atoms with van der Waals surface area (Å²) in [7, 11) is 1.54. The highest BCUT2D eigenvalue weighted by Gasteiger charge is 2.34. The molecule has 2 atom stereocenters. The van der Waals surface area contributed by atoms with Gasteiger partial charge in [-0.2, -0.15) is 4.98 Å². The van der Waals surface area contributed by atoms with Crippen molar-refractivity contribution in [3.63, 3.8) is 0 Å². The summed E-state index contributed by atoms with van der Waals surface area (Å²) in [4.78, 5) is 23.3. The molecule has 1 saturated heterocycles. The molecule has 7 nitrogen and oxygen atoms in total. The zero-order valence-corrected chi connectivity index (χ0v) is 15.3. The van der Waals surface area contributed by atoms with Crippen LogP contribution in [-0.2, 0) is 16.0 Å². The molecule has 0 radical (unpaired) electrons. The fourth-order valence-corrected chi connectivity index (χ4v) is 3.66. The van der Waals surface area contributed by atoms with E-state index in [1.807, 2.05) is 23.1 Å². The number of likely N-dealkylation sites (tertiary alicyclic amines) is 1. The molecule has 27 heavy (non-hydrogen) atoms. The minimum atomic E-state index is -0.523. The van der Waals surface area contributed by atoms with Gasteiger partial charge in [-0.05, 0) is 30.4 Å². The van der Waals surface area contributed by atoms with Crippen LogP contribution in [0.3, 0.4) is 0 Å². The molecule has 0 bridgehead atoms. The Bertz CT molecular complexity index is 813. The summed E-state index contributed by atoms with van der Waals surface area (Å²) in [6.45, 7) is 1.80. The molecule has 3 heterocycles. The smallest absolute Gasteiger partial charge is 0.256 e. The van der Waals surface area contributed by atoms with E-state index in [1.54, 1.807) is 6.20 Å². The van der Waals surface area contributed by atoms with Crippen LogP contribution in [0.15, 0.2) is 36.7 Å². The van der Waals surface area contributed by atoms with E-state index in [0.29, 0.717) is 31.5 Å². The van der Waals surface area contributed by atoms with Crippen LogP contribution in [0.4, 0.5) is 0 Å². The van der Waals surface area contributed by atoms with Crippen molar-refractivity contribution in [2.75, 3.05) is 26.8 Å². The lowest BCUT2D eigenvalue weighted by Gasteiger charge is -2.36. The quantitative estimate of drug-likeness (QED) is 0.822. The number of fused-ring (bicyclic) bond motifs is 1. The van der Waals surface area contributed by atoms with Crippen molar-refractivity contribution in [3.05, 3.63) is 47.8 Å². The highest BCUT2D eigenvalue weighted by atomic mass is 16.5. The molecule has 1 aromatic heterocycles. The van der Waals surface area contributed by atoms with Crippen molar-refractivity contribution < 1.29 is 19.0 Å². The second-order valence-corrected chi connectivity index (χ2v) is 6.77. The first-order valence-electron chi connectivity index (χ1n) is 9.25. The molecule has 2 unspecified atom stereocenters. The van der Waals surface area contributed by atoms with Crippen LogP contribution in [-0.4, -0.2) is 53.7 Å². The number of methoxy groups -OCH3 is 1. The van der Waals surface area contributed by atoms with Crippen LogP contribution in [0.5, 0.6) is 11.8 Å². The lowest BCUT2D eigenvalue weighted by molar-refractivity contribution is -0.147. The van der Waals surface area contributed by atoms with Crippen LogP contribution >= 0.6 is 0 Å². The minimum Gasteiger partial charge on any atom is -0.480 e. The van der Waals surface area contributed by atoms with Crippen LogP contribution in [0.1, 0.15) is 30.1 Å². The van der Waals surface area contributed by atoms with E-state index in [1.165, 1.54) is 18.9 Å². The van der Waals surface area contributed by atoms with Gasteiger partial charge in [-0.25, -0.2) is 0 Å². The van der Waals surface area contributed by atoms with E-state index in [-0.39, 0.29) is 12.0 Å². The number of aromatic nitrogens is 2. The fraction of sp³-hybridized carbons (Fsp3) is 0.450. The van der Waals surface area contributed by atoms with Crippen molar-refractivity contribution >= 4 is 5.91 Å². The van der Waals surface area contributed by atoms with E-state index in [0.717, 1.165) is 24.8 Å². The molecule has 1 fully saturated rings. The summed E-state index contributed by atoms with van der Waals surface area (Å²) in [5.41, 5.74) is 2.18. The Labute approximate surface area is 158 Å². The maximum atomic E-state index is 13.1. The Balaban J connectivity index is 1.44. The van der Waals surface area contributed by atoms with E-state index in [2.05, 4.69) is 16.0 Å². The third-order valence-corrected chi connectivity index (χ3v) is 4.99. The zero-order chi connectivity index (χ0) is 18.6. The topological polar surface area (TPSA) is 73.8 Å². The van der Waals surface area contributed by atoms with Crippen molar-refractivity contribution in [2.24, 2.45) is 0 Å². The van der Waals surface area contributed by atoms with Crippen LogP contribution in [0.25, 0.3) is 0 Å². The number of benzene rings is 1. The van der Waals surface area contributed by atoms with E-state index in [4.69, 9.17) is 14.2 Å². The molecule has 1 aromatic carbocycles. The summed E-state index contributed by atoms with van der Waals surface area (Å²) in [5, 5.41) is 0. The summed E-state index contributed by atoms with van der Waals surface area (Å²) >= 11 is 0. The number of hydrogen-bond donors (Lipinski definition) is 0. The van der Waals surface area contributed by atoms with Crippen molar-refractivity contribution in [1.82, 2.24) is 14.9 Å². The maximum absolute atomic E-state index is 13.1. The Kier molecular flexibility index (Phi) is 5.20. The molecule has 7 heteroatoms. The molecule has 0 saturated carbocycles. The number of nitrogens with zero attached hydrogens (tertiary/aromatic N) is 3. The first-order valence-corrected chi connectivity index (χ1v) is 9.25. The van der Waals surface area contributed by atoms with Gasteiger partial charge in [0, 0.05) is 6.54 Å². The monoisotopic (exact) mass is 369 g/mol. The average Bonchev–Trinajstić information content (AvgIpc) is 2.73. The second-order valence-electron chi connectivity index (χ2n) is 6.77. The zero-order valence-electron chi connectivity index (χ0n) is 15.3. The van der Waals surface area contributed by atoms with Crippen molar-refractivity contribution in [1.29, 1.82) is 0 Å². The SMILES string of the molecule is COc1cncc(OC2CCCN(C(=O)C3OCCc4ccccc43)C2)n1. The van der Waals surface area contributed by atoms with E-state index < -0.39 is 6.10 Å². The number of hydrogen-bond acceptors (Lipinski definition) is 6. The molecule has 0 N–H and O–H groups in total. The Morgan fingerprint density at radius 2 is 2.11 bits per heavy atom. The van der Waals surface area contributed by atoms with Gasteiger partial charge in [0.05, 0.1) is 32.7 Å². The van der Waals surface area contributed by atoms with Crippen LogP contribution in [0.2, 0.25) is 0 Å². The lowest BCUT2D eigenvalue weighted by atomic mass is 9.96. The molecule has 4 rings (SSSR count). The highest BCUT2D eigenvalue weighted by molar-refractivity contribution is 5.83. The summed E-state index contributed by atoms with van der Waals surface area (Å²) in [6.07, 6.45) is 5.03. The number of ether oxygens (including phenoxy) is 3. The standard InChI is InChI=1S/C20H23N3O4/c1-25-17-11-21-12-18(22-17)27-15-6-4-9-23(13-15)20(24)19-16-7-3-2-5-14(16)8-10-26-19/h2-3,5,7,11-12,15,19H,4,6,8-10,13H2,1H3. The number of amides is 1. The van der Waals surface area contributed by atoms with E-state index >= 15 is 0 Å². The molecule has 0 aliphatic carbocycles. The van der Waals surface area contributed by atoms with Gasteiger partial charge >= 0.3 is 0 Å². The average molecular weight is 369 g/mol. The highest BCUT2D eigenvalue weighted by Crippen LogP contribution is 2.30. The molecule has 2 aliphatic heterocycles. The summed E-state index contributed by atoms with van der Waals surface area (Å²) < 4.78 is 16.9. The number of carbonyl (C=O) groups excluding carboxylic acids is 1. The van der Waals surface area contributed by atoms with Gasteiger partial charge in [-0.15, -0.1) is 0 Å². The third kappa shape index (κ3) is 3.88. The number of rotatable bonds is 4. The normalized spacial score (nSPS) is 22.0. The van der Waals surface area contributed by atoms with Crippen LogP contribution < -0.4 is 9.47 Å². The predicted molar refractivity (Wildman–Crippen MR) is 97.7 cm³/mol. The largest absolute Gasteiger partial charge is 0.480 e. The molecule has 2 aromatic rings. The fourth-order valence-electron chi connectivity index (χ4n) is 3.66. The van der Waals surface area contributed by atoms with Crippen LogP contribution in [0, 0.1) is 0 Å². The number of carbonyl (C=O) groups is 1. The summed E-state index contributed by atoms with van der Waals surface area (Å²) in [5.74, 6) is 0.823. The summed E-state index contributed by atoms with van der Waals surface area (Å²) in [6, 6.07) is 8.02. The number of piperidine rings is 1. The van der Waals surface area contributed by atoms with Gasteiger partial charge in [0.25, 0.3) is 5.91 Å². The van der Waals surface area contributed by atoms with E-state index in [9.17, 15) is 4.79 Å². The molecular weight excluding hydrogens is 346 g/mol. The maximum Gasteiger partial charge on any atom is 0.256 e. The lowest BCUT2D eigenvalue weighted by Crippen LogP contribution is -2.47. The van der Waals surface area contributed by atoms with Gasteiger partial charge < -0.3 is 19.1 Å². The van der Waals surface area contributed by atoms with Gasteiger partial charge in [-0.1, -0.05) is 24.3 Å². The molecule has 142 valence electrons. The first kappa shape index (κ1) is 17.7. The Hall–Kier alpha value is -2.67. The minimum absolute atomic E-state index is 0.00664. The van der Waals surface area contributed by atoms with Gasteiger partial charge in [0.1, 0.15) is 6.10 Å². The van der Waals surface area contributed by atoms with Crippen molar-refractivity contribution in [2.45, 2.75) is 31.5 Å². The Morgan fingerprint density at radius 1 is 1.26 bits per heavy atom. The predicted octanol–water partition coefficient (Wildman–Crippen LogP) is 2.17. The van der Waals surface area contributed by atoms with Gasteiger partial charge in [-0.3, -0.25) is 9.78 Å². The Morgan fingerprint density at radius 3 is 3.00 bits per heavy atom. The van der Waals surface area contributed by atoms with Gasteiger partial charge in [0.15, 0.2) is 6.10 Å². The third-order valence-electron chi connectivity index (χ3n) is 4.99. The molecule has 2 aliphatic rings.